The fraction of sp³-hybridized carbons (Fsp3) is 0.250. The van der Waals surface area contributed by atoms with Crippen molar-refractivity contribution in [3.63, 3.8) is 0 Å². The van der Waals surface area contributed by atoms with Gasteiger partial charge in [0.1, 0.15) is 16.5 Å². The fourth-order valence-electron chi connectivity index (χ4n) is 2.27. The molecule has 0 aliphatic rings. The second-order valence-corrected chi connectivity index (χ2v) is 6.13. The van der Waals surface area contributed by atoms with Crippen molar-refractivity contribution < 1.29 is 0 Å². The molecule has 0 radical (unpaired) electrons. The number of hydrogen-bond donors (Lipinski definition) is 1. The number of nitrogens with one attached hydrogen (secondary N) is 1. The van der Waals surface area contributed by atoms with Gasteiger partial charge in [0.15, 0.2) is 0 Å². The van der Waals surface area contributed by atoms with Gasteiger partial charge in [-0.05, 0) is 31.9 Å². The first-order valence-corrected chi connectivity index (χ1v) is 7.49. The number of aromatic nitrogens is 2. The molecule has 0 aliphatic heterocycles. The fourth-order valence-corrected chi connectivity index (χ4v) is 3.34. The van der Waals surface area contributed by atoms with Crippen molar-refractivity contribution in [2.45, 2.75) is 27.3 Å². The lowest BCUT2D eigenvalue weighted by Crippen LogP contribution is -2.03. The van der Waals surface area contributed by atoms with Gasteiger partial charge in [0.2, 0.25) is 0 Å². The summed E-state index contributed by atoms with van der Waals surface area (Å²) in [5.74, 6) is 1.76. The summed E-state index contributed by atoms with van der Waals surface area (Å²) >= 11 is 1.74. The van der Waals surface area contributed by atoms with Gasteiger partial charge in [0.25, 0.3) is 0 Å². The number of hydrogen-bond acceptors (Lipinski definition) is 4. The highest BCUT2D eigenvalue weighted by Crippen LogP contribution is 2.33. The zero-order chi connectivity index (χ0) is 14.1. The van der Waals surface area contributed by atoms with Crippen LogP contribution in [0.15, 0.2) is 30.3 Å². The van der Waals surface area contributed by atoms with Gasteiger partial charge < -0.3 is 5.32 Å². The zero-order valence-electron chi connectivity index (χ0n) is 11.9. The minimum atomic E-state index is 0.778. The molecule has 0 bridgehead atoms. The van der Waals surface area contributed by atoms with E-state index in [1.807, 2.05) is 13.0 Å². The summed E-state index contributed by atoms with van der Waals surface area (Å²) in [4.78, 5) is 11.5. The van der Waals surface area contributed by atoms with E-state index < -0.39 is 0 Å². The van der Waals surface area contributed by atoms with Crippen LogP contribution in [-0.4, -0.2) is 9.97 Å². The Hall–Kier alpha value is -1.94. The number of rotatable bonds is 3. The van der Waals surface area contributed by atoms with E-state index in [1.54, 1.807) is 11.3 Å². The van der Waals surface area contributed by atoms with Gasteiger partial charge in [-0.1, -0.05) is 30.3 Å². The van der Waals surface area contributed by atoms with Crippen molar-refractivity contribution in [3.05, 3.63) is 52.2 Å². The molecule has 2 heterocycles. The van der Waals surface area contributed by atoms with Gasteiger partial charge in [-0.25, -0.2) is 9.97 Å². The van der Waals surface area contributed by atoms with Gasteiger partial charge in [0, 0.05) is 11.4 Å². The first kappa shape index (κ1) is 13.1. The van der Waals surface area contributed by atoms with E-state index in [9.17, 15) is 0 Å². The van der Waals surface area contributed by atoms with Crippen LogP contribution in [0.1, 0.15) is 21.8 Å². The Morgan fingerprint density at radius 3 is 2.55 bits per heavy atom. The van der Waals surface area contributed by atoms with E-state index in [2.05, 4.69) is 53.4 Å². The molecule has 0 aliphatic carbocycles. The summed E-state index contributed by atoms with van der Waals surface area (Å²) in [5, 5.41) is 4.62. The average Bonchev–Trinajstić information content (AvgIpc) is 2.72. The van der Waals surface area contributed by atoms with Crippen LogP contribution < -0.4 is 5.32 Å². The maximum absolute atomic E-state index is 4.58. The maximum atomic E-state index is 4.58. The number of nitrogens with zero attached hydrogens (tertiary/aromatic N) is 2. The summed E-state index contributed by atoms with van der Waals surface area (Å²) in [6.45, 7) is 7.00. The van der Waals surface area contributed by atoms with E-state index >= 15 is 0 Å². The normalized spacial score (nSPS) is 10.9. The SMILES string of the molecule is Cc1nc(NCc2ccccc2)c2c(C)c(C)sc2n1. The Kier molecular flexibility index (Phi) is 3.40. The molecule has 0 saturated heterocycles. The van der Waals surface area contributed by atoms with Gasteiger partial charge >= 0.3 is 0 Å². The summed E-state index contributed by atoms with van der Waals surface area (Å²) in [7, 11) is 0. The molecule has 3 aromatic rings. The summed E-state index contributed by atoms with van der Waals surface area (Å²) in [6.07, 6.45) is 0. The predicted molar refractivity (Wildman–Crippen MR) is 85.4 cm³/mol. The third kappa shape index (κ3) is 2.39. The molecule has 102 valence electrons. The van der Waals surface area contributed by atoms with Crippen LogP contribution in [-0.2, 0) is 6.54 Å². The molecule has 0 fully saturated rings. The molecular weight excluding hydrogens is 266 g/mol. The molecule has 20 heavy (non-hydrogen) atoms. The molecule has 0 atom stereocenters. The van der Waals surface area contributed by atoms with Gasteiger partial charge in [-0.3, -0.25) is 0 Å². The number of benzene rings is 1. The van der Waals surface area contributed by atoms with Crippen molar-refractivity contribution in [2.75, 3.05) is 5.32 Å². The minimum Gasteiger partial charge on any atom is -0.365 e. The van der Waals surface area contributed by atoms with E-state index in [4.69, 9.17) is 0 Å². The first-order chi connectivity index (χ1) is 9.65. The number of anilines is 1. The molecule has 1 N–H and O–H groups in total. The summed E-state index contributed by atoms with van der Waals surface area (Å²) < 4.78 is 0. The number of fused-ring (bicyclic) bond motifs is 1. The third-order valence-electron chi connectivity index (χ3n) is 3.44. The van der Waals surface area contributed by atoms with Crippen LogP contribution in [0, 0.1) is 20.8 Å². The third-order valence-corrected chi connectivity index (χ3v) is 4.54. The average molecular weight is 283 g/mol. The Morgan fingerprint density at radius 1 is 1.05 bits per heavy atom. The molecular formula is C16H17N3S. The molecule has 3 rings (SSSR count). The van der Waals surface area contributed by atoms with Crippen molar-refractivity contribution in [1.82, 2.24) is 9.97 Å². The molecule has 1 aromatic carbocycles. The van der Waals surface area contributed by atoms with E-state index in [0.717, 1.165) is 28.4 Å². The lowest BCUT2D eigenvalue weighted by atomic mass is 10.2. The van der Waals surface area contributed by atoms with Gasteiger partial charge in [0.05, 0.1) is 5.39 Å². The van der Waals surface area contributed by atoms with Gasteiger partial charge in [-0.15, -0.1) is 11.3 Å². The van der Waals surface area contributed by atoms with E-state index in [0.29, 0.717) is 0 Å². The molecule has 2 aromatic heterocycles. The lowest BCUT2D eigenvalue weighted by Gasteiger charge is -2.08. The quantitative estimate of drug-likeness (QED) is 0.781. The molecule has 0 unspecified atom stereocenters. The Morgan fingerprint density at radius 2 is 1.80 bits per heavy atom. The Labute approximate surface area is 122 Å². The van der Waals surface area contributed by atoms with Crippen molar-refractivity contribution in [1.29, 1.82) is 0 Å². The maximum Gasteiger partial charge on any atom is 0.139 e. The highest BCUT2D eigenvalue weighted by molar-refractivity contribution is 7.18. The topological polar surface area (TPSA) is 37.8 Å². The van der Waals surface area contributed by atoms with Crippen LogP contribution in [0.5, 0.6) is 0 Å². The highest BCUT2D eigenvalue weighted by Gasteiger charge is 2.13. The predicted octanol–water partition coefficient (Wildman–Crippen LogP) is 4.23. The first-order valence-electron chi connectivity index (χ1n) is 6.67. The largest absolute Gasteiger partial charge is 0.365 e. The van der Waals surface area contributed by atoms with Crippen LogP contribution in [0.2, 0.25) is 0 Å². The number of aryl methyl sites for hydroxylation is 3. The second-order valence-electron chi connectivity index (χ2n) is 4.92. The minimum absolute atomic E-state index is 0.778. The number of thiophene rings is 1. The highest BCUT2D eigenvalue weighted by atomic mass is 32.1. The monoisotopic (exact) mass is 283 g/mol. The summed E-state index contributed by atoms with van der Waals surface area (Å²) in [5.41, 5.74) is 2.53. The van der Waals surface area contributed by atoms with E-state index in [1.165, 1.54) is 16.0 Å². The van der Waals surface area contributed by atoms with Crippen molar-refractivity contribution >= 4 is 27.4 Å². The molecule has 4 heteroatoms. The summed E-state index contributed by atoms with van der Waals surface area (Å²) in [6, 6.07) is 10.4. The van der Waals surface area contributed by atoms with E-state index in [-0.39, 0.29) is 0 Å². The lowest BCUT2D eigenvalue weighted by molar-refractivity contribution is 1.05. The Balaban J connectivity index is 1.98. The molecule has 3 nitrogen and oxygen atoms in total. The smallest absolute Gasteiger partial charge is 0.139 e. The second kappa shape index (κ2) is 5.21. The zero-order valence-corrected chi connectivity index (χ0v) is 12.7. The van der Waals surface area contributed by atoms with Crippen LogP contribution in [0.25, 0.3) is 10.2 Å². The van der Waals surface area contributed by atoms with Gasteiger partial charge in [-0.2, -0.15) is 0 Å². The Bertz CT molecular complexity index is 747. The van der Waals surface area contributed by atoms with Crippen LogP contribution in [0.4, 0.5) is 5.82 Å². The van der Waals surface area contributed by atoms with Crippen molar-refractivity contribution in [3.8, 4) is 0 Å². The van der Waals surface area contributed by atoms with Crippen LogP contribution >= 0.6 is 11.3 Å². The molecule has 0 spiro atoms. The molecule has 0 saturated carbocycles. The van der Waals surface area contributed by atoms with Crippen LogP contribution in [0.3, 0.4) is 0 Å². The van der Waals surface area contributed by atoms with Crippen molar-refractivity contribution in [2.24, 2.45) is 0 Å². The standard InChI is InChI=1S/C16H17N3S/c1-10-11(2)20-16-14(10)15(18-12(3)19-16)17-9-13-7-5-4-6-8-13/h4-8H,9H2,1-3H3,(H,17,18,19). The molecule has 0 amide bonds.